The molecule has 0 aliphatic heterocycles. The Morgan fingerprint density at radius 1 is 1.60 bits per heavy atom. The van der Waals surface area contributed by atoms with Gasteiger partial charge in [0.1, 0.15) is 5.69 Å². The summed E-state index contributed by atoms with van der Waals surface area (Å²) >= 11 is 0. The van der Waals surface area contributed by atoms with E-state index in [-0.39, 0.29) is 0 Å². The van der Waals surface area contributed by atoms with Crippen LogP contribution in [0.5, 0.6) is 5.88 Å². The molecule has 0 aliphatic carbocycles. The number of rotatable bonds is 1. The van der Waals surface area contributed by atoms with Crippen LogP contribution < -0.4 is 4.74 Å². The highest BCUT2D eigenvalue weighted by molar-refractivity contribution is 5.27. The van der Waals surface area contributed by atoms with E-state index in [0.29, 0.717) is 11.6 Å². The van der Waals surface area contributed by atoms with Crippen LogP contribution in [-0.4, -0.2) is 12.1 Å². The van der Waals surface area contributed by atoms with Crippen molar-refractivity contribution in [2.24, 2.45) is 0 Å². The monoisotopic (exact) mass is 133 g/mol. The van der Waals surface area contributed by atoms with E-state index in [0.717, 1.165) is 0 Å². The lowest BCUT2D eigenvalue weighted by atomic mass is 10.4. The maximum absolute atomic E-state index is 5.11. The van der Waals surface area contributed by atoms with Crippen molar-refractivity contribution in [1.29, 1.82) is 0 Å². The first-order chi connectivity index (χ1) is 4.86. The Balaban J connectivity index is 3.01. The molecule has 1 rings (SSSR count). The lowest BCUT2D eigenvalue weighted by Crippen LogP contribution is -1.88. The molecule has 0 radical (unpaired) electrons. The second kappa shape index (κ2) is 2.88. The predicted molar refractivity (Wildman–Crippen MR) is 38.7 cm³/mol. The molecule has 0 aliphatic rings. The summed E-state index contributed by atoms with van der Waals surface area (Å²) in [6.07, 6.45) is 5.11. The molecule has 50 valence electrons. The normalized spacial score (nSPS) is 8.40. The number of aromatic nitrogens is 1. The Bertz CT molecular complexity index is 262. The molecule has 0 unspecified atom stereocenters. The van der Waals surface area contributed by atoms with Crippen LogP contribution >= 0.6 is 0 Å². The summed E-state index contributed by atoms with van der Waals surface area (Å²) in [6.45, 7) is 0. The van der Waals surface area contributed by atoms with Crippen molar-refractivity contribution in [1.82, 2.24) is 4.98 Å². The topological polar surface area (TPSA) is 22.1 Å². The van der Waals surface area contributed by atoms with E-state index in [1.54, 1.807) is 25.3 Å². The molecule has 0 atom stereocenters. The Morgan fingerprint density at radius 3 is 3.00 bits per heavy atom. The minimum atomic E-state index is 0.551. The maximum Gasteiger partial charge on any atom is 0.214 e. The van der Waals surface area contributed by atoms with Crippen molar-refractivity contribution in [2.75, 3.05) is 7.11 Å². The quantitative estimate of drug-likeness (QED) is 0.534. The van der Waals surface area contributed by atoms with E-state index in [1.165, 1.54) is 0 Å². The first-order valence-corrected chi connectivity index (χ1v) is 2.84. The number of hydrogen-bond donors (Lipinski definition) is 0. The summed E-state index contributed by atoms with van der Waals surface area (Å²) in [5.41, 5.74) is 0.597. The zero-order valence-electron chi connectivity index (χ0n) is 5.66. The minimum absolute atomic E-state index is 0.551. The van der Waals surface area contributed by atoms with Crippen LogP contribution in [0.15, 0.2) is 18.2 Å². The lowest BCUT2D eigenvalue weighted by Gasteiger charge is -1.96. The Hall–Kier alpha value is -1.49. The summed E-state index contributed by atoms with van der Waals surface area (Å²) in [5, 5.41) is 0. The largest absolute Gasteiger partial charge is 0.481 e. The Morgan fingerprint density at radius 2 is 2.40 bits per heavy atom. The van der Waals surface area contributed by atoms with Gasteiger partial charge in [-0.25, -0.2) is 4.98 Å². The van der Waals surface area contributed by atoms with Crippen molar-refractivity contribution < 1.29 is 4.74 Å². The maximum atomic E-state index is 5.11. The molecule has 0 spiro atoms. The molecule has 10 heavy (non-hydrogen) atoms. The third-order valence-electron chi connectivity index (χ3n) is 1.08. The summed E-state index contributed by atoms with van der Waals surface area (Å²) in [6, 6.07) is 5.31. The molecule has 0 N–H and O–H groups in total. The van der Waals surface area contributed by atoms with Crippen LogP contribution in [0, 0.1) is 12.3 Å². The minimum Gasteiger partial charge on any atom is -0.481 e. The molecule has 0 bridgehead atoms. The molecule has 0 amide bonds. The predicted octanol–water partition coefficient (Wildman–Crippen LogP) is 1.07. The fourth-order valence-corrected chi connectivity index (χ4v) is 0.609. The van der Waals surface area contributed by atoms with Gasteiger partial charge in [-0.3, -0.25) is 0 Å². The van der Waals surface area contributed by atoms with Crippen molar-refractivity contribution in [2.45, 2.75) is 0 Å². The van der Waals surface area contributed by atoms with Gasteiger partial charge in [-0.1, -0.05) is 12.0 Å². The van der Waals surface area contributed by atoms with Gasteiger partial charge in [-0.2, -0.15) is 0 Å². The van der Waals surface area contributed by atoms with Gasteiger partial charge >= 0.3 is 0 Å². The molecule has 0 aromatic carbocycles. The lowest BCUT2D eigenvalue weighted by molar-refractivity contribution is 0.397. The average Bonchev–Trinajstić information content (AvgIpc) is 2.05. The standard InChI is InChI=1S/C8H7NO/c1-3-7-5-4-6-8(9-7)10-2/h1,4-6H,2H3. The molecule has 0 saturated heterocycles. The highest BCUT2D eigenvalue weighted by Crippen LogP contribution is 2.04. The molecular weight excluding hydrogens is 126 g/mol. The number of methoxy groups -OCH3 is 1. The molecular formula is C8H7NO. The van der Waals surface area contributed by atoms with Gasteiger partial charge in [0, 0.05) is 6.07 Å². The van der Waals surface area contributed by atoms with Gasteiger partial charge in [0.25, 0.3) is 0 Å². The van der Waals surface area contributed by atoms with Gasteiger partial charge in [-0.05, 0) is 6.07 Å². The third-order valence-corrected chi connectivity index (χ3v) is 1.08. The number of ether oxygens (including phenoxy) is 1. The van der Waals surface area contributed by atoms with Crippen molar-refractivity contribution in [3.63, 3.8) is 0 Å². The summed E-state index contributed by atoms with van der Waals surface area (Å²) in [7, 11) is 1.56. The van der Waals surface area contributed by atoms with E-state index >= 15 is 0 Å². The van der Waals surface area contributed by atoms with Crippen LogP contribution in [0.3, 0.4) is 0 Å². The van der Waals surface area contributed by atoms with E-state index in [9.17, 15) is 0 Å². The SMILES string of the molecule is C#Cc1cccc(OC)n1. The molecule has 2 nitrogen and oxygen atoms in total. The van der Waals surface area contributed by atoms with Crippen molar-refractivity contribution >= 4 is 0 Å². The molecule has 1 aromatic heterocycles. The summed E-state index contributed by atoms with van der Waals surface area (Å²) in [4.78, 5) is 3.95. The molecule has 0 saturated carbocycles. The van der Waals surface area contributed by atoms with Crippen LogP contribution in [0.2, 0.25) is 0 Å². The van der Waals surface area contributed by atoms with Gasteiger partial charge in [0.2, 0.25) is 5.88 Å². The average molecular weight is 133 g/mol. The number of nitrogens with zero attached hydrogens (tertiary/aromatic N) is 1. The molecule has 0 fully saturated rings. The molecule has 1 aromatic rings. The second-order valence-electron chi connectivity index (χ2n) is 1.71. The number of hydrogen-bond acceptors (Lipinski definition) is 2. The Kier molecular flexibility index (Phi) is 1.91. The van der Waals surface area contributed by atoms with E-state index in [4.69, 9.17) is 11.2 Å². The first-order valence-electron chi connectivity index (χ1n) is 2.84. The highest BCUT2D eigenvalue weighted by Gasteiger charge is 1.90. The zero-order valence-corrected chi connectivity index (χ0v) is 5.66. The number of terminal acetylenes is 1. The van der Waals surface area contributed by atoms with E-state index in [2.05, 4.69) is 10.9 Å². The number of pyridine rings is 1. The van der Waals surface area contributed by atoms with Gasteiger partial charge in [0.15, 0.2) is 0 Å². The van der Waals surface area contributed by atoms with Crippen LogP contribution in [-0.2, 0) is 0 Å². The highest BCUT2D eigenvalue weighted by atomic mass is 16.5. The second-order valence-corrected chi connectivity index (χ2v) is 1.71. The van der Waals surface area contributed by atoms with E-state index < -0.39 is 0 Å². The smallest absolute Gasteiger partial charge is 0.214 e. The fraction of sp³-hybridized carbons (Fsp3) is 0.125. The van der Waals surface area contributed by atoms with Gasteiger partial charge in [0.05, 0.1) is 7.11 Å². The molecule has 2 heteroatoms. The zero-order chi connectivity index (χ0) is 7.40. The first kappa shape index (κ1) is 6.63. The van der Waals surface area contributed by atoms with Crippen LogP contribution in [0.1, 0.15) is 5.69 Å². The van der Waals surface area contributed by atoms with Gasteiger partial charge < -0.3 is 4.74 Å². The fourth-order valence-electron chi connectivity index (χ4n) is 0.609. The molecule has 1 heterocycles. The van der Waals surface area contributed by atoms with Crippen molar-refractivity contribution in [3.8, 4) is 18.2 Å². The summed E-state index contributed by atoms with van der Waals surface area (Å²) < 4.78 is 4.85. The van der Waals surface area contributed by atoms with Gasteiger partial charge in [-0.15, -0.1) is 6.42 Å². The van der Waals surface area contributed by atoms with E-state index in [1.807, 2.05) is 0 Å². The Labute approximate surface area is 59.9 Å². The summed E-state index contributed by atoms with van der Waals surface area (Å²) in [5.74, 6) is 2.96. The van der Waals surface area contributed by atoms with Crippen LogP contribution in [0.25, 0.3) is 0 Å². The third kappa shape index (κ3) is 1.26. The van der Waals surface area contributed by atoms with Crippen molar-refractivity contribution in [3.05, 3.63) is 23.9 Å². The van der Waals surface area contributed by atoms with Crippen LogP contribution in [0.4, 0.5) is 0 Å².